The van der Waals surface area contributed by atoms with Crippen LogP contribution in [0.15, 0.2) is 77.8 Å². The predicted molar refractivity (Wildman–Crippen MR) is 97.0 cm³/mol. The molecule has 0 radical (unpaired) electrons. The van der Waals surface area contributed by atoms with E-state index in [1.165, 1.54) is 16.8 Å². The van der Waals surface area contributed by atoms with Gasteiger partial charge in [0.1, 0.15) is 11.5 Å². The molecule has 0 bridgehead atoms. The Labute approximate surface area is 149 Å². The minimum Gasteiger partial charge on any atom is -0.497 e. The van der Waals surface area contributed by atoms with Crippen molar-refractivity contribution in [2.24, 2.45) is 0 Å². The molecule has 132 valence electrons. The Morgan fingerprint density at radius 3 is 2.88 bits per heavy atom. The van der Waals surface area contributed by atoms with Crippen molar-refractivity contribution in [2.75, 3.05) is 16.6 Å². The number of hydrogen-bond donors (Lipinski definition) is 2. The summed E-state index contributed by atoms with van der Waals surface area (Å²) in [6, 6.07) is 10.1. The molecule has 3 aromatic rings. The van der Waals surface area contributed by atoms with Gasteiger partial charge in [0.2, 0.25) is 0 Å². The molecule has 1 aliphatic heterocycles. The fraction of sp³-hybridized carbons (Fsp3) is 0.0588. The summed E-state index contributed by atoms with van der Waals surface area (Å²) < 4.78 is 34.9. The average molecular weight is 369 g/mol. The third kappa shape index (κ3) is 3.11. The molecule has 9 heteroatoms. The van der Waals surface area contributed by atoms with E-state index in [0.717, 1.165) is 5.70 Å². The minimum absolute atomic E-state index is 0.117. The molecule has 2 aromatic heterocycles. The first-order valence-corrected chi connectivity index (χ1v) is 9.28. The molecular formula is C17H15N5O3S. The summed E-state index contributed by atoms with van der Waals surface area (Å²) in [5, 5.41) is 7.22. The van der Waals surface area contributed by atoms with Crippen LogP contribution in [0.1, 0.15) is 0 Å². The number of para-hydroxylation sites is 1. The molecule has 0 saturated heterocycles. The molecule has 8 nitrogen and oxygen atoms in total. The molecule has 0 saturated carbocycles. The molecule has 4 rings (SSSR count). The summed E-state index contributed by atoms with van der Waals surface area (Å²) in [5.74, 6) is 0.264. The van der Waals surface area contributed by atoms with E-state index in [9.17, 15) is 8.42 Å². The Morgan fingerprint density at radius 1 is 1.15 bits per heavy atom. The maximum Gasteiger partial charge on any atom is 0.265 e. The monoisotopic (exact) mass is 369 g/mol. The van der Waals surface area contributed by atoms with E-state index in [2.05, 4.69) is 20.1 Å². The van der Waals surface area contributed by atoms with Crippen LogP contribution in [-0.2, 0) is 14.8 Å². The first-order chi connectivity index (χ1) is 12.6. The molecule has 2 N–H and O–H groups in total. The van der Waals surface area contributed by atoms with E-state index in [1.54, 1.807) is 48.9 Å². The zero-order chi connectivity index (χ0) is 18.0. The fourth-order valence-electron chi connectivity index (χ4n) is 2.53. The molecule has 0 fully saturated rings. The first-order valence-electron chi connectivity index (χ1n) is 7.79. The number of sulfonamides is 1. The van der Waals surface area contributed by atoms with E-state index in [-0.39, 0.29) is 10.7 Å². The maximum atomic E-state index is 12.9. The topological polar surface area (TPSA) is 97.6 Å². The highest BCUT2D eigenvalue weighted by Gasteiger charge is 2.20. The van der Waals surface area contributed by atoms with Crippen LogP contribution in [-0.4, -0.2) is 29.6 Å². The summed E-state index contributed by atoms with van der Waals surface area (Å²) in [4.78, 5) is 4.26. The van der Waals surface area contributed by atoms with Crippen molar-refractivity contribution >= 4 is 27.2 Å². The van der Waals surface area contributed by atoms with Crippen molar-refractivity contribution in [1.82, 2.24) is 14.6 Å². The second-order valence-electron chi connectivity index (χ2n) is 5.46. The standard InChI is InChI=1S/C17H15N5O3S/c23-26(24,21-17-12-18-16-6-3-9-19-22(16)17)15-5-2-1-4-14(15)20-13-7-10-25-11-8-13/h1-10,12,20-21H,11H2. The van der Waals surface area contributed by atoms with Gasteiger partial charge < -0.3 is 10.1 Å². The number of imidazole rings is 1. The zero-order valence-corrected chi connectivity index (χ0v) is 14.3. The number of nitrogens with one attached hydrogen (secondary N) is 2. The summed E-state index contributed by atoms with van der Waals surface area (Å²) in [6.45, 7) is 0.430. The van der Waals surface area contributed by atoms with Gasteiger partial charge in [0.05, 0.1) is 18.1 Å². The van der Waals surface area contributed by atoms with Crippen molar-refractivity contribution in [3.63, 3.8) is 0 Å². The van der Waals surface area contributed by atoms with Crippen molar-refractivity contribution < 1.29 is 13.2 Å². The molecule has 3 heterocycles. The van der Waals surface area contributed by atoms with Crippen LogP contribution in [0, 0.1) is 0 Å². The number of benzene rings is 1. The highest BCUT2D eigenvalue weighted by molar-refractivity contribution is 7.92. The van der Waals surface area contributed by atoms with Gasteiger partial charge in [-0.15, -0.1) is 0 Å². The number of ether oxygens (including phenoxy) is 1. The number of fused-ring (bicyclic) bond motifs is 1. The van der Waals surface area contributed by atoms with Crippen molar-refractivity contribution in [3.05, 3.63) is 72.9 Å². The first kappa shape index (κ1) is 16.2. The molecular weight excluding hydrogens is 354 g/mol. The molecule has 1 aromatic carbocycles. The quantitative estimate of drug-likeness (QED) is 0.717. The number of rotatable bonds is 5. The van der Waals surface area contributed by atoms with Gasteiger partial charge in [-0.25, -0.2) is 13.4 Å². The van der Waals surface area contributed by atoms with Crippen LogP contribution in [0.2, 0.25) is 0 Å². The Bertz CT molecular complexity index is 1120. The Balaban J connectivity index is 1.68. The number of hydrogen-bond acceptors (Lipinski definition) is 6. The lowest BCUT2D eigenvalue weighted by Gasteiger charge is -2.15. The predicted octanol–water partition coefficient (Wildman–Crippen LogP) is 2.37. The smallest absolute Gasteiger partial charge is 0.265 e. The number of aromatic nitrogens is 3. The number of allylic oxidation sites excluding steroid dienone is 1. The van der Waals surface area contributed by atoms with Crippen LogP contribution in [0.5, 0.6) is 0 Å². The lowest BCUT2D eigenvalue weighted by Crippen LogP contribution is -2.17. The SMILES string of the molecule is O=S(=O)(Nc1cnc2cccnn12)c1ccccc1NC1=CCOC=C1. The van der Waals surface area contributed by atoms with Gasteiger partial charge in [0.25, 0.3) is 10.0 Å². The van der Waals surface area contributed by atoms with Crippen LogP contribution in [0.25, 0.3) is 5.65 Å². The summed E-state index contributed by atoms with van der Waals surface area (Å²) in [5.41, 5.74) is 1.77. The Morgan fingerprint density at radius 2 is 2.04 bits per heavy atom. The van der Waals surface area contributed by atoms with Crippen molar-refractivity contribution in [3.8, 4) is 0 Å². The largest absolute Gasteiger partial charge is 0.497 e. The highest BCUT2D eigenvalue weighted by atomic mass is 32.2. The summed E-state index contributed by atoms with van der Waals surface area (Å²) in [6.07, 6.45) is 8.10. The fourth-order valence-corrected chi connectivity index (χ4v) is 3.72. The van der Waals surface area contributed by atoms with Crippen LogP contribution in [0.4, 0.5) is 11.5 Å². The average Bonchev–Trinajstić information content (AvgIpc) is 3.05. The van der Waals surface area contributed by atoms with Gasteiger partial charge in [0.15, 0.2) is 11.5 Å². The van der Waals surface area contributed by atoms with Gasteiger partial charge in [0, 0.05) is 11.9 Å². The van der Waals surface area contributed by atoms with Gasteiger partial charge >= 0.3 is 0 Å². The second kappa shape index (κ2) is 6.52. The molecule has 0 unspecified atom stereocenters. The third-order valence-electron chi connectivity index (χ3n) is 3.72. The lowest BCUT2D eigenvalue weighted by molar-refractivity contribution is 0.284. The molecule has 1 aliphatic rings. The lowest BCUT2D eigenvalue weighted by atomic mass is 10.3. The highest BCUT2D eigenvalue weighted by Crippen LogP contribution is 2.25. The van der Waals surface area contributed by atoms with Crippen LogP contribution in [0.3, 0.4) is 0 Å². The van der Waals surface area contributed by atoms with Crippen molar-refractivity contribution in [1.29, 1.82) is 0 Å². The zero-order valence-electron chi connectivity index (χ0n) is 13.5. The maximum absolute atomic E-state index is 12.9. The summed E-state index contributed by atoms with van der Waals surface area (Å²) >= 11 is 0. The van der Waals surface area contributed by atoms with E-state index in [0.29, 0.717) is 17.9 Å². The van der Waals surface area contributed by atoms with E-state index in [1.807, 2.05) is 6.08 Å². The van der Waals surface area contributed by atoms with Gasteiger partial charge in [-0.1, -0.05) is 12.1 Å². The molecule has 0 amide bonds. The molecule has 0 aliphatic carbocycles. The van der Waals surface area contributed by atoms with E-state index >= 15 is 0 Å². The van der Waals surface area contributed by atoms with Crippen LogP contribution >= 0.6 is 0 Å². The summed E-state index contributed by atoms with van der Waals surface area (Å²) in [7, 11) is -3.85. The van der Waals surface area contributed by atoms with Gasteiger partial charge in [-0.2, -0.15) is 9.61 Å². The number of nitrogens with zero attached hydrogens (tertiary/aromatic N) is 3. The van der Waals surface area contributed by atoms with Gasteiger partial charge in [-0.05, 0) is 36.4 Å². The molecule has 26 heavy (non-hydrogen) atoms. The Hall–Kier alpha value is -3.33. The Kier molecular flexibility index (Phi) is 4.05. The minimum atomic E-state index is -3.85. The molecule has 0 spiro atoms. The van der Waals surface area contributed by atoms with Crippen LogP contribution < -0.4 is 10.0 Å². The van der Waals surface area contributed by atoms with Gasteiger partial charge in [-0.3, -0.25) is 4.72 Å². The van der Waals surface area contributed by atoms with E-state index in [4.69, 9.17) is 4.74 Å². The third-order valence-corrected chi connectivity index (χ3v) is 5.13. The second-order valence-corrected chi connectivity index (χ2v) is 7.11. The van der Waals surface area contributed by atoms with E-state index < -0.39 is 10.0 Å². The van der Waals surface area contributed by atoms with Crippen molar-refractivity contribution in [2.45, 2.75) is 4.90 Å². The normalized spacial score (nSPS) is 13.9. The molecule has 0 atom stereocenters. The number of anilines is 2.